The predicted molar refractivity (Wildman–Crippen MR) is 78.2 cm³/mol. The van der Waals surface area contributed by atoms with E-state index in [4.69, 9.17) is 5.73 Å². The van der Waals surface area contributed by atoms with E-state index in [9.17, 15) is 19.6 Å². The molecule has 0 bridgehead atoms. The van der Waals surface area contributed by atoms with E-state index in [0.29, 0.717) is 11.5 Å². The third-order valence-electron chi connectivity index (χ3n) is 3.24. The second kappa shape index (κ2) is 8.61. The van der Waals surface area contributed by atoms with E-state index < -0.39 is 23.3 Å². The summed E-state index contributed by atoms with van der Waals surface area (Å²) in [7, 11) is 0. The molecular weight excluding hydrogens is 274 g/mol. The Morgan fingerprint density at radius 1 is 1.38 bits per heavy atom. The fraction of sp³-hybridized carbons (Fsp3) is 0.786. The molecule has 0 heterocycles. The van der Waals surface area contributed by atoms with Gasteiger partial charge < -0.3 is 11.1 Å². The van der Waals surface area contributed by atoms with Crippen LogP contribution in [0.5, 0.6) is 0 Å². The first-order chi connectivity index (χ1) is 9.63. The fourth-order valence-corrected chi connectivity index (χ4v) is 2.00. The lowest BCUT2D eigenvalue weighted by molar-refractivity contribution is -0.155. The van der Waals surface area contributed by atoms with Crippen LogP contribution < -0.4 is 11.1 Å². The molecule has 7 heteroatoms. The number of nitrogens with two attached hydrogens (primary N) is 1. The molecule has 0 radical (unpaired) electrons. The van der Waals surface area contributed by atoms with Gasteiger partial charge in [-0.2, -0.15) is 0 Å². The number of hydrogen-bond acceptors (Lipinski definition) is 4. The molecular formula is C14H27N3O4. The van der Waals surface area contributed by atoms with Gasteiger partial charge in [0.1, 0.15) is 6.04 Å². The van der Waals surface area contributed by atoms with Crippen molar-refractivity contribution in [2.45, 2.75) is 53.0 Å². The van der Waals surface area contributed by atoms with Gasteiger partial charge in [0.25, 0.3) is 0 Å². The molecule has 4 N–H and O–H groups in total. The fourth-order valence-electron chi connectivity index (χ4n) is 2.00. The Bertz CT molecular complexity index is 366. The van der Waals surface area contributed by atoms with Crippen LogP contribution in [0.4, 0.5) is 0 Å². The zero-order valence-electron chi connectivity index (χ0n) is 13.3. The Kier molecular flexibility index (Phi) is 7.94. The van der Waals surface area contributed by atoms with E-state index in [1.165, 1.54) is 0 Å². The van der Waals surface area contributed by atoms with Crippen LogP contribution in [0.1, 0.15) is 47.0 Å². The van der Waals surface area contributed by atoms with Crippen LogP contribution in [0, 0.1) is 11.3 Å². The number of nitrogens with one attached hydrogen (secondary N) is 1. The molecule has 0 spiro atoms. The molecule has 0 aliphatic rings. The van der Waals surface area contributed by atoms with Gasteiger partial charge in [-0.1, -0.05) is 40.5 Å². The van der Waals surface area contributed by atoms with E-state index in [0.717, 1.165) is 12.8 Å². The number of unbranched alkanes of at least 4 members (excludes halogenated alkanes) is 1. The second-order valence-corrected chi connectivity index (χ2v) is 6.28. The molecule has 0 aromatic rings. The molecule has 122 valence electrons. The number of rotatable bonds is 9. The summed E-state index contributed by atoms with van der Waals surface area (Å²) >= 11 is 0. The normalized spacial score (nSPS) is 14.1. The average molecular weight is 301 g/mol. The maximum Gasteiger partial charge on any atom is 0.240 e. The zero-order valence-corrected chi connectivity index (χ0v) is 13.3. The minimum absolute atomic E-state index is 0.106. The molecule has 2 unspecified atom stereocenters. The molecule has 21 heavy (non-hydrogen) atoms. The number of hydrogen-bond donors (Lipinski definition) is 3. The number of nitrogens with zero attached hydrogens (tertiary/aromatic N) is 1. The highest BCUT2D eigenvalue weighted by Crippen LogP contribution is 2.20. The van der Waals surface area contributed by atoms with Crippen LogP contribution in [0.15, 0.2) is 0 Å². The van der Waals surface area contributed by atoms with Gasteiger partial charge in [-0.15, -0.1) is 0 Å². The van der Waals surface area contributed by atoms with Gasteiger partial charge in [-0.3, -0.25) is 19.6 Å². The summed E-state index contributed by atoms with van der Waals surface area (Å²) in [5, 5.41) is 12.3. The Labute approximate surface area is 125 Å². The van der Waals surface area contributed by atoms with Gasteiger partial charge in [0, 0.05) is 0 Å². The molecule has 3 amide bonds. The highest BCUT2D eigenvalue weighted by atomic mass is 16.5. The van der Waals surface area contributed by atoms with Gasteiger partial charge in [-0.05, 0) is 11.8 Å². The Hall–Kier alpha value is -1.63. The van der Waals surface area contributed by atoms with E-state index >= 15 is 0 Å². The number of amides is 3. The van der Waals surface area contributed by atoms with Crippen molar-refractivity contribution in [1.29, 1.82) is 0 Å². The van der Waals surface area contributed by atoms with Gasteiger partial charge in [0.05, 0.1) is 12.5 Å². The monoisotopic (exact) mass is 301 g/mol. The quantitative estimate of drug-likeness (QED) is 0.330. The summed E-state index contributed by atoms with van der Waals surface area (Å²) in [4.78, 5) is 34.3. The minimum Gasteiger partial charge on any atom is -0.368 e. The summed E-state index contributed by atoms with van der Waals surface area (Å²) < 4.78 is 0. The number of carbonyl (C=O) groups excluding carboxylic acids is 3. The molecule has 7 nitrogen and oxygen atoms in total. The lowest BCUT2D eigenvalue weighted by Crippen LogP contribution is -2.54. The van der Waals surface area contributed by atoms with E-state index in [1.807, 2.05) is 6.92 Å². The Balaban J connectivity index is 4.92. The second-order valence-electron chi connectivity index (χ2n) is 6.28. The minimum atomic E-state index is -0.808. The van der Waals surface area contributed by atoms with Crippen molar-refractivity contribution in [3.63, 3.8) is 0 Å². The lowest BCUT2D eigenvalue weighted by atomic mass is 9.85. The number of primary amides is 1. The van der Waals surface area contributed by atoms with Gasteiger partial charge in [-0.25, -0.2) is 5.06 Å². The maximum absolute atomic E-state index is 12.3. The maximum atomic E-state index is 12.3. The van der Waals surface area contributed by atoms with Crippen LogP contribution in [0.25, 0.3) is 0 Å². The number of carbonyl (C=O) groups is 3. The van der Waals surface area contributed by atoms with Crippen molar-refractivity contribution < 1.29 is 19.6 Å². The molecule has 0 aromatic heterocycles. The molecule has 0 saturated heterocycles. The van der Waals surface area contributed by atoms with Gasteiger partial charge in [0.2, 0.25) is 18.2 Å². The summed E-state index contributed by atoms with van der Waals surface area (Å²) in [6.45, 7) is 7.27. The third kappa shape index (κ3) is 7.08. The molecule has 0 aliphatic carbocycles. The average Bonchev–Trinajstić information content (AvgIpc) is 2.38. The van der Waals surface area contributed by atoms with Gasteiger partial charge in [0.15, 0.2) is 0 Å². The first kappa shape index (κ1) is 19.4. The van der Waals surface area contributed by atoms with E-state index in [-0.39, 0.29) is 18.9 Å². The van der Waals surface area contributed by atoms with E-state index in [1.54, 1.807) is 20.8 Å². The van der Waals surface area contributed by atoms with Crippen molar-refractivity contribution in [3.8, 4) is 0 Å². The largest absolute Gasteiger partial charge is 0.368 e. The summed E-state index contributed by atoms with van der Waals surface area (Å²) in [6, 6.07) is -0.808. The summed E-state index contributed by atoms with van der Waals surface area (Å²) in [6.07, 6.45) is 2.43. The molecule has 0 rings (SSSR count). The summed E-state index contributed by atoms with van der Waals surface area (Å²) in [5.74, 6) is -1.58. The SMILES string of the molecule is CCCCC(CN(O)C=O)C(=O)NC(C(N)=O)C(C)(C)C. The summed E-state index contributed by atoms with van der Waals surface area (Å²) in [5.41, 5.74) is 4.82. The van der Waals surface area contributed by atoms with Crippen molar-refractivity contribution in [1.82, 2.24) is 10.4 Å². The van der Waals surface area contributed by atoms with Crippen LogP contribution in [-0.2, 0) is 14.4 Å². The van der Waals surface area contributed by atoms with Crippen molar-refractivity contribution in [2.24, 2.45) is 17.1 Å². The number of hydroxylamine groups is 2. The molecule has 0 saturated carbocycles. The first-order valence-corrected chi connectivity index (χ1v) is 7.14. The molecule has 0 aromatic carbocycles. The molecule has 2 atom stereocenters. The Morgan fingerprint density at radius 2 is 1.95 bits per heavy atom. The van der Waals surface area contributed by atoms with Crippen molar-refractivity contribution in [2.75, 3.05) is 6.54 Å². The zero-order chi connectivity index (χ0) is 16.6. The standard InChI is InChI=1S/C14H27N3O4/c1-5-6-7-10(8-17(21)9-18)13(20)16-11(12(15)19)14(2,3)4/h9-11,21H,5-8H2,1-4H3,(H2,15,19)(H,16,20). The predicted octanol–water partition coefficient (Wildman–Crippen LogP) is 0.657. The van der Waals surface area contributed by atoms with E-state index in [2.05, 4.69) is 5.32 Å². The highest BCUT2D eigenvalue weighted by Gasteiger charge is 2.33. The van der Waals surface area contributed by atoms with Gasteiger partial charge >= 0.3 is 0 Å². The molecule has 0 aliphatic heterocycles. The van der Waals surface area contributed by atoms with Crippen LogP contribution in [0.3, 0.4) is 0 Å². The first-order valence-electron chi connectivity index (χ1n) is 7.14. The van der Waals surface area contributed by atoms with Crippen LogP contribution >= 0.6 is 0 Å². The lowest BCUT2D eigenvalue weighted by Gasteiger charge is -2.30. The topological polar surface area (TPSA) is 113 Å². The smallest absolute Gasteiger partial charge is 0.240 e. The van der Waals surface area contributed by atoms with Crippen LogP contribution in [-0.4, -0.2) is 41.1 Å². The van der Waals surface area contributed by atoms with Crippen molar-refractivity contribution in [3.05, 3.63) is 0 Å². The third-order valence-corrected chi connectivity index (χ3v) is 3.24. The van der Waals surface area contributed by atoms with Crippen LogP contribution in [0.2, 0.25) is 0 Å². The Morgan fingerprint density at radius 3 is 2.33 bits per heavy atom. The van der Waals surface area contributed by atoms with Crippen molar-refractivity contribution >= 4 is 18.2 Å². The highest BCUT2D eigenvalue weighted by molar-refractivity contribution is 5.88. The molecule has 0 fully saturated rings.